The van der Waals surface area contributed by atoms with E-state index in [1.165, 1.54) is 11.1 Å². The van der Waals surface area contributed by atoms with Gasteiger partial charge in [-0.1, -0.05) is 39.8 Å². The first kappa shape index (κ1) is 28.0. The molecule has 1 fully saturated rings. The molecule has 1 aliphatic carbocycles. The number of phenols is 2. The third-order valence-corrected chi connectivity index (χ3v) is 7.32. The molecule has 0 radical (unpaired) electrons. The predicted octanol–water partition coefficient (Wildman–Crippen LogP) is 7.74. The third-order valence-electron chi connectivity index (χ3n) is 7.32. The number of aliphatic imine (C=N–C) groups is 2. The van der Waals surface area contributed by atoms with E-state index < -0.39 is 0 Å². The molecule has 0 heterocycles. The Morgan fingerprint density at radius 2 is 1.06 bits per heavy atom. The fourth-order valence-electron chi connectivity index (χ4n) is 4.89. The highest BCUT2D eigenvalue weighted by Gasteiger charge is 2.20. The van der Waals surface area contributed by atoms with Crippen LogP contribution in [0.1, 0.15) is 99.6 Å². The van der Waals surface area contributed by atoms with Crippen LogP contribution in [-0.4, -0.2) is 34.7 Å². The smallest absolute Gasteiger partial charge is 0.127 e. The van der Waals surface area contributed by atoms with E-state index in [2.05, 4.69) is 52.0 Å². The second kappa shape index (κ2) is 13.1. The van der Waals surface area contributed by atoms with Gasteiger partial charge in [-0.2, -0.15) is 0 Å². The molecule has 0 amide bonds. The first-order valence-corrected chi connectivity index (χ1v) is 13.8. The third kappa shape index (κ3) is 8.21. The molecule has 1 saturated carbocycles. The molecule has 1 aliphatic rings. The van der Waals surface area contributed by atoms with E-state index in [1.54, 1.807) is 0 Å². The van der Waals surface area contributed by atoms with Gasteiger partial charge in [-0.3, -0.25) is 9.98 Å². The Labute approximate surface area is 218 Å². The van der Waals surface area contributed by atoms with Crippen molar-refractivity contribution < 1.29 is 10.2 Å². The lowest BCUT2D eigenvalue weighted by molar-refractivity contribution is 0.399. The van der Waals surface area contributed by atoms with E-state index in [9.17, 15) is 10.2 Å². The summed E-state index contributed by atoms with van der Waals surface area (Å²) in [7, 11) is 0. The lowest BCUT2D eigenvalue weighted by Crippen LogP contribution is -2.20. The summed E-state index contributed by atoms with van der Waals surface area (Å²) in [5, 5.41) is 21.1. The average Bonchev–Trinajstić information content (AvgIpc) is 2.84. The Hall–Kier alpha value is -2.62. The molecular weight excluding hydrogens is 444 g/mol. The summed E-state index contributed by atoms with van der Waals surface area (Å²) in [5.74, 6) is 2.01. The van der Waals surface area contributed by atoms with Crippen molar-refractivity contribution in [2.24, 2.45) is 21.8 Å². The summed E-state index contributed by atoms with van der Waals surface area (Å²) >= 11 is 0. The standard InChI is InChI=1S/C32H46N2O2/c1-21(2)7-9-25-15-23(5)31(35)27(17-25)19-33-29-11-13-30(14-12-29)34-20-28-18-26(10-8-22(3)4)16-24(6)32(28)36/h15-22,29-30,35-36H,7-14H2,1-6H3. The molecule has 0 unspecified atom stereocenters. The molecule has 0 spiro atoms. The minimum Gasteiger partial charge on any atom is -0.507 e. The lowest BCUT2D eigenvalue weighted by Gasteiger charge is -2.23. The zero-order valence-electron chi connectivity index (χ0n) is 23.2. The van der Waals surface area contributed by atoms with Crippen LogP contribution in [0.3, 0.4) is 0 Å². The maximum Gasteiger partial charge on any atom is 0.127 e. The highest BCUT2D eigenvalue weighted by atomic mass is 16.3. The van der Waals surface area contributed by atoms with Crippen molar-refractivity contribution in [3.63, 3.8) is 0 Å². The van der Waals surface area contributed by atoms with Crippen LogP contribution in [-0.2, 0) is 12.8 Å². The van der Waals surface area contributed by atoms with Crippen molar-refractivity contribution in [2.45, 2.75) is 105 Å². The van der Waals surface area contributed by atoms with Crippen LogP contribution >= 0.6 is 0 Å². The molecule has 3 rings (SSSR count). The van der Waals surface area contributed by atoms with Gasteiger partial charge in [-0.15, -0.1) is 0 Å². The van der Waals surface area contributed by atoms with E-state index in [-0.39, 0.29) is 12.1 Å². The molecular formula is C32H46N2O2. The Bertz CT molecular complexity index is 975. The van der Waals surface area contributed by atoms with Crippen LogP contribution in [0.2, 0.25) is 0 Å². The molecule has 2 aromatic rings. The lowest BCUT2D eigenvalue weighted by atomic mass is 9.91. The highest BCUT2D eigenvalue weighted by molar-refractivity contribution is 5.85. The summed E-state index contributed by atoms with van der Waals surface area (Å²) in [6.07, 6.45) is 12.1. The normalized spacial score (nSPS) is 18.8. The molecule has 4 heteroatoms. The van der Waals surface area contributed by atoms with Crippen molar-refractivity contribution in [3.8, 4) is 11.5 Å². The summed E-state index contributed by atoms with van der Waals surface area (Å²) in [6, 6.07) is 8.91. The van der Waals surface area contributed by atoms with E-state index >= 15 is 0 Å². The SMILES string of the molecule is Cc1cc(CCC(C)C)cc(C=NC2CCC(N=Cc3cc(CCC(C)C)cc(C)c3O)CC2)c1O. The largest absolute Gasteiger partial charge is 0.507 e. The summed E-state index contributed by atoms with van der Waals surface area (Å²) < 4.78 is 0. The number of hydrogen-bond acceptors (Lipinski definition) is 4. The topological polar surface area (TPSA) is 65.2 Å². The molecule has 36 heavy (non-hydrogen) atoms. The molecule has 4 nitrogen and oxygen atoms in total. The first-order valence-electron chi connectivity index (χ1n) is 13.8. The number of aryl methyl sites for hydroxylation is 4. The van der Waals surface area contributed by atoms with Gasteiger partial charge in [0.2, 0.25) is 0 Å². The van der Waals surface area contributed by atoms with E-state index in [4.69, 9.17) is 9.98 Å². The van der Waals surface area contributed by atoms with Crippen LogP contribution in [0.15, 0.2) is 34.3 Å². The number of benzene rings is 2. The first-order chi connectivity index (χ1) is 17.1. The van der Waals surface area contributed by atoms with Crippen molar-refractivity contribution in [1.29, 1.82) is 0 Å². The quantitative estimate of drug-likeness (QED) is 0.334. The molecule has 0 aromatic heterocycles. The highest BCUT2D eigenvalue weighted by Crippen LogP contribution is 2.28. The van der Waals surface area contributed by atoms with Gasteiger partial charge in [-0.25, -0.2) is 0 Å². The average molecular weight is 491 g/mol. The van der Waals surface area contributed by atoms with Crippen LogP contribution in [0.4, 0.5) is 0 Å². The van der Waals surface area contributed by atoms with Crippen LogP contribution in [0, 0.1) is 25.7 Å². The molecule has 0 saturated heterocycles. The van der Waals surface area contributed by atoms with Crippen molar-refractivity contribution in [2.75, 3.05) is 0 Å². The molecule has 0 aliphatic heterocycles. The van der Waals surface area contributed by atoms with E-state index in [0.717, 1.165) is 73.6 Å². The molecule has 2 aromatic carbocycles. The Balaban J connectivity index is 1.59. The molecule has 196 valence electrons. The van der Waals surface area contributed by atoms with Crippen molar-refractivity contribution >= 4 is 12.4 Å². The maximum atomic E-state index is 10.5. The minimum atomic E-state index is 0.269. The Morgan fingerprint density at radius 1 is 0.694 bits per heavy atom. The fraction of sp³-hybridized carbons (Fsp3) is 0.562. The number of rotatable bonds is 10. The van der Waals surface area contributed by atoms with E-state index in [0.29, 0.717) is 23.3 Å². The zero-order valence-corrected chi connectivity index (χ0v) is 23.2. The fourth-order valence-corrected chi connectivity index (χ4v) is 4.89. The summed E-state index contributed by atoms with van der Waals surface area (Å²) in [4.78, 5) is 9.68. The summed E-state index contributed by atoms with van der Waals surface area (Å²) in [5.41, 5.74) is 6.04. The Kier molecular flexibility index (Phi) is 10.2. The van der Waals surface area contributed by atoms with Gasteiger partial charge in [0, 0.05) is 23.6 Å². The number of hydrogen-bond donors (Lipinski definition) is 2. The Morgan fingerprint density at radius 3 is 1.39 bits per heavy atom. The molecule has 0 atom stereocenters. The van der Waals surface area contributed by atoms with Gasteiger partial charge >= 0.3 is 0 Å². The monoisotopic (exact) mass is 490 g/mol. The van der Waals surface area contributed by atoms with E-state index in [1.807, 2.05) is 26.3 Å². The van der Waals surface area contributed by atoms with Crippen molar-refractivity contribution in [3.05, 3.63) is 57.6 Å². The second-order valence-electron chi connectivity index (χ2n) is 11.6. The number of phenolic OH excluding ortho intramolecular Hbond substituents is 2. The van der Waals surface area contributed by atoms with Crippen LogP contribution < -0.4 is 0 Å². The van der Waals surface area contributed by atoms with Gasteiger partial charge in [0.05, 0.1) is 12.1 Å². The molecule has 0 bridgehead atoms. The van der Waals surface area contributed by atoms with Gasteiger partial charge < -0.3 is 10.2 Å². The maximum absolute atomic E-state index is 10.5. The van der Waals surface area contributed by atoms with Gasteiger partial charge in [0.25, 0.3) is 0 Å². The minimum absolute atomic E-state index is 0.269. The van der Waals surface area contributed by atoms with Crippen LogP contribution in [0.5, 0.6) is 11.5 Å². The zero-order chi connectivity index (χ0) is 26.2. The number of nitrogens with zero attached hydrogens (tertiary/aromatic N) is 2. The summed E-state index contributed by atoms with van der Waals surface area (Å²) in [6.45, 7) is 12.9. The molecule has 2 N–H and O–H groups in total. The number of aromatic hydroxyl groups is 2. The predicted molar refractivity (Wildman–Crippen MR) is 153 cm³/mol. The van der Waals surface area contributed by atoms with Crippen LogP contribution in [0.25, 0.3) is 0 Å². The van der Waals surface area contributed by atoms with Gasteiger partial charge in [0.15, 0.2) is 0 Å². The van der Waals surface area contributed by atoms with Gasteiger partial charge in [-0.05, 0) is 111 Å². The van der Waals surface area contributed by atoms with Crippen molar-refractivity contribution in [1.82, 2.24) is 0 Å². The second-order valence-corrected chi connectivity index (χ2v) is 11.6. The van der Waals surface area contributed by atoms with Gasteiger partial charge in [0.1, 0.15) is 11.5 Å².